The average molecular weight is 177 g/mol. The van der Waals surface area contributed by atoms with Crippen molar-refractivity contribution < 1.29 is 9.53 Å². The molecule has 0 spiro atoms. The molecule has 13 heavy (non-hydrogen) atoms. The number of ether oxygens (including phenoxy) is 1. The van der Waals surface area contributed by atoms with Gasteiger partial charge in [-0.3, -0.25) is 0 Å². The molecular weight excluding hydrogens is 166 g/mol. The molecule has 3 heteroatoms. The number of rotatable bonds is 3. The lowest BCUT2D eigenvalue weighted by atomic mass is 10.3. The maximum absolute atomic E-state index is 10.9. The molecule has 68 valence electrons. The van der Waals surface area contributed by atoms with Gasteiger partial charge in [0.15, 0.2) is 5.75 Å². The Bertz CT molecular complexity index is 320. The van der Waals surface area contributed by atoms with Crippen LogP contribution in [0.1, 0.15) is 0 Å². The third-order valence-electron chi connectivity index (χ3n) is 1.53. The minimum absolute atomic E-state index is 0.456. The lowest BCUT2D eigenvalue weighted by molar-refractivity contribution is -0.128. The molecule has 1 aromatic rings. The molecule has 1 rings (SSSR count). The standard InChI is InChI=1S/C10H11NO2/c1-3-10(12)13-9-7-5-4-6-8(9)11-2/h3-7,11H,1H2,2H3. The van der Waals surface area contributed by atoms with Gasteiger partial charge in [-0.05, 0) is 12.1 Å². The highest BCUT2D eigenvalue weighted by atomic mass is 16.5. The van der Waals surface area contributed by atoms with Crippen LogP contribution < -0.4 is 10.1 Å². The van der Waals surface area contributed by atoms with Crippen molar-refractivity contribution in [3.05, 3.63) is 36.9 Å². The van der Waals surface area contributed by atoms with E-state index in [0.717, 1.165) is 11.8 Å². The number of hydrogen-bond donors (Lipinski definition) is 1. The zero-order valence-electron chi connectivity index (χ0n) is 7.41. The van der Waals surface area contributed by atoms with Crippen molar-refractivity contribution in [2.75, 3.05) is 12.4 Å². The van der Waals surface area contributed by atoms with Gasteiger partial charge in [0.1, 0.15) is 0 Å². The quantitative estimate of drug-likeness (QED) is 0.435. The van der Waals surface area contributed by atoms with Gasteiger partial charge in [-0.2, -0.15) is 0 Å². The summed E-state index contributed by atoms with van der Waals surface area (Å²) in [5.41, 5.74) is 0.776. The maximum atomic E-state index is 10.9. The Labute approximate surface area is 77.0 Å². The normalized spacial score (nSPS) is 9.00. The van der Waals surface area contributed by atoms with Crippen LogP contribution in [-0.4, -0.2) is 13.0 Å². The molecule has 0 fully saturated rings. The van der Waals surface area contributed by atoms with Crippen LogP contribution in [0, 0.1) is 0 Å². The molecule has 0 aliphatic rings. The molecule has 1 N–H and O–H groups in total. The molecule has 0 amide bonds. The third-order valence-corrected chi connectivity index (χ3v) is 1.53. The number of hydrogen-bond acceptors (Lipinski definition) is 3. The van der Waals surface area contributed by atoms with Gasteiger partial charge >= 0.3 is 5.97 Å². The third kappa shape index (κ3) is 2.33. The molecule has 1 aromatic carbocycles. The summed E-state index contributed by atoms with van der Waals surface area (Å²) in [6, 6.07) is 7.20. The van der Waals surface area contributed by atoms with Gasteiger partial charge < -0.3 is 10.1 Å². The monoisotopic (exact) mass is 177 g/mol. The molecule has 0 bridgehead atoms. The van der Waals surface area contributed by atoms with E-state index in [9.17, 15) is 4.79 Å². The van der Waals surface area contributed by atoms with E-state index in [2.05, 4.69) is 11.9 Å². The Morgan fingerprint density at radius 1 is 1.54 bits per heavy atom. The molecule has 0 aliphatic heterocycles. The first-order valence-electron chi connectivity index (χ1n) is 3.89. The zero-order chi connectivity index (χ0) is 9.68. The second kappa shape index (κ2) is 4.30. The largest absolute Gasteiger partial charge is 0.421 e. The molecule has 0 radical (unpaired) electrons. The summed E-state index contributed by atoms with van der Waals surface area (Å²) in [5.74, 6) is 0.0533. The second-order valence-corrected chi connectivity index (χ2v) is 2.37. The average Bonchev–Trinajstić information content (AvgIpc) is 2.18. The first-order chi connectivity index (χ1) is 6.27. The lowest BCUT2D eigenvalue weighted by Gasteiger charge is -2.06. The molecule has 0 saturated carbocycles. The smallest absolute Gasteiger partial charge is 0.335 e. The summed E-state index contributed by atoms with van der Waals surface area (Å²) in [6.45, 7) is 3.32. The molecular formula is C10H11NO2. The van der Waals surface area contributed by atoms with E-state index >= 15 is 0 Å². The van der Waals surface area contributed by atoms with E-state index in [1.807, 2.05) is 12.1 Å². The minimum Gasteiger partial charge on any atom is -0.421 e. The summed E-state index contributed by atoms with van der Waals surface area (Å²) in [4.78, 5) is 10.9. The molecule has 0 atom stereocenters. The highest BCUT2D eigenvalue weighted by Gasteiger charge is 2.03. The number of esters is 1. The summed E-state index contributed by atoms with van der Waals surface area (Å²) in [7, 11) is 1.76. The van der Waals surface area contributed by atoms with E-state index in [-0.39, 0.29) is 0 Å². The van der Waals surface area contributed by atoms with Gasteiger partial charge in [-0.25, -0.2) is 4.79 Å². The van der Waals surface area contributed by atoms with Gasteiger partial charge in [0.2, 0.25) is 0 Å². The number of carbonyl (C=O) groups excluding carboxylic acids is 1. The first-order valence-corrected chi connectivity index (χ1v) is 3.89. The summed E-state index contributed by atoms with van der Waals surface area (Å²) in [6.07, 6.45) is 1.13. The minimum atomic E-state index is -0.456. The van der Waals surface area contributed by atoms with Crippen molar-refractivity contribution in [2.24, 2.45) is 0 Å². The van der Waals surface area contributed by atoms with Gasteiger partial charge in [0, 0.05) is 13.1 Å². The molecule has 0 aromatic heterocycles. The number of anilines is 1. The molecule has 0 heterocycles. The van der Waals surface area contributed by atoms with E-state index in [1.54, 1.807) is 19.2 Å². The highest BCUT2D eigenvalue weighted by molar-refractivity contribution is 5.84. The second-order valence-electron chi connectivity index (χ2n) is 2.37. The van der Waals surface area contributed by atoms with Crippen molar-refractivity contribution in [1.82, 2.24) is 0 Å². The summed E-state index contributed by atoms with van der Waals surface area (Å²) < 4.78 is 4.97. The van der Waals surface area contributed by atoms with E-state index in [1.165, 1.54) is 0 Å². The lowest BCUT2D eigenvalue weighted by Crippen LogP contribution is -2.05. The fraction of sp³-hybridized carbons (Fsp3) is 0.100. The number of carbonyl (C=O) groups is 1. The molecule has 0 unspecified atom stereocenters. The van der Waals surface area contributed by atoms with E-state index in [0.29, 0.717) is 5.75 Å². The fourth-order valence-electron chi connectivity index (χ4n) is 0.912. The van der Waals surface area contributed by atoms with Crippen molar-refractivity contribution in [3.63, 3.8) is 0 Å². The number of benzene rings is 1. The van der Waals surface area contributed by atoms with Gasteiger partial charge in [0.25, 0.3) is 0 Å². The Morgan fingerprint density at radius 3 is 2.85 bits per heavy atom. The van der Waals surface area contributed by atoms with Crippen molar-refractivity contribution >= 4 is 11.7 Å². The predicted octanol–water partition coefficient (Wildman–Crippen LogP) is 1.82. The van der Waals surface area contributed by atoms with Gasteiger partial charge in [0.05, 0.1) is 5.69 Å². The van der Waals surface area contributed by atoms with E-state index < -0.39 is 5.97 Å². The number of para-hydroxylation sites is 2. The van der Waals surface area contributed by atoms with Crippen molar-refractivity contribution in [1.29, 1.82) is 0 Å². The van der Waals surface area contributed by atoms with Crippen LogP contribution in [-0.2, 0) is 4.79 Å². The van der Waals surface area contributed by atoms with Crippen LogP contribution in [0.3, 0.4) is 0 Å². The Morgan fingerprint density at radius 2 is 2.23 bits per heavy atom. The fourth-order valence-corrected chi connectivity index (χ4v) is 0.912. The molecule has 3 nitrogen and oxygen atoms in total. The van der Waals surface area contributed by atoms with Crippen molar-refractivity contribution in [3.8, 4) is 5.75 Å². The first kappa shape index (κ1) is 9.32. The Kier molecular flexibility index (Phi) is 3.09. The van der Waals surface area contributed by atoms with Crippen LogP contribution in [0.4, 0.5) is 5.69 Å². The summed E-state index contributed by atoms with van der Waals surface area (Å²) in [5, 5.41) is 2.91. The van der Waals surface area contributed by atoms with Crippen LogP contribution in [0.15, 0.2) is 36.9 Å². The Hall–Kier alpha value is -1.77. The zero-order valence-corrected chi connectivity index (χ0v) is 7.41. The van der Waals surface area contributed by atoms with Gasteiger partial charge in [-0.15, -0.1) is 0 Å². The van der Waals surface area contributed by atoms with E-state index in [4.69, 9.17) is 4.74 Å². The van der Waals surface area contributed by atoms with Crippen LogP contribution in [0.5, 0.6) is 5.75 Å². The SMILES string of the molecule is C=CC(=O)Oc1ccccc1NC. The Balaban J connectivity index is 2.86. The molecule has 0 aliphatic carbocycles. The topological polar surface area (TPSA) is 38.3 Å². The molecule has 0 saturated heterocycles. The maximum Gasteiger partial charge on any atom is 0.335 e. The van der Waals surface area contributed by atoms with Crippen LogP contribution in [0.25, 0.3) is 0 Å². The highest BCUT2D eigenvalue weighted by Crippen LogP contribution is 2.22. The van der Waals surface area contributed by atoms with Crippen LogP contribution >= 0.6 is 0 Å². The summed E-state index contributed by atoms with van der Waals surface area (Å²) >= 11 is 0. The number of nitrogens with one attached hydrogen (secondary N) is 1. The van der Waals surface area contributed by atoms with Crippen LogP contribution in [0.2, 0.25) is 0 Å². The predicted molar refractivity (Wildman–Crippen MR) is 51.8 cm³/mol. The van der Waals surface area contributed by atoms with Gasteiger partial charge in [-0.1, -0.05) is 18.7 Å². The van der Waals surface area contributed by atoms with Crippen molar-refractivity contribution in [2.45, 2.75) is 0 Å².